The van der Waals surface area contributed by atoms with Gasteiger partial charge in [-0.3, -0.25) is 4.79 Å². The fraction of sp³-hybridized carbons (Fsp3) is 0.412. The van der Waals surface area contributed by atoms with Gasteiger partial charge in [-0.1, -0.05) is 12.1 Å². The first-order valence-corrected chi connectivity index (χ1v) is 8.43. The number of hydrogen-bond donors (Lipinski definition) is 2. The minimum atomic E-state index is -0.263. The van der Waals surface area contributed by atoms with Gasteiger partial charge in [-0.25, -0.2) is 9.37 Å². The quantitative estimate of drug-likeness (QED) is 0.817. The molecule has 0 bridgehead atoms. The van der Waals surface area contributed by atoms with Crippen molar-refractivity contribution in [3.8, 4) is 0 Å². The van der Waals surface area contributed by atoms with Crippen LogP contribution in [0.25, 0.3) is 0 Å². The van der Waals surface area contributed by atoms with E-state index in [9.17, 15) is 9.18 Å². The molecule has 0 radical (unpaired) electrons. The number of halogens is 1. The number of carbonyl (C=O) groups is 1. The molecule has 6 heteroatoms. The van der Waals surface area contributed by atoms with Crippen LogP contribution in [0.3, 0.4) is 0 Å². The molecule has 1 heterocycles. The number of hydrogen-bond acceptors (Lipinski definition) is 4. The molecule has 1 amide bonds. The van der Waals surface area contributed by atoms with Crippen LogP contribution in [0, 0.1) is 12.7 Å². The molecule has 1 aromatic heterocycles. The van der Waals surface area contributed by atoms with Crippen molar-refractivity contribution in [3.05, 3.63) is 51.2 Å². The highest BCUT2D eigenvalue weighted by molar-refractivity contribution is 7.13. The van der Waals surface area contributed by atoms with Gasteiger partial charge in [0.15, 0.2) is 0 Å². The first-order chi connectivity index (χ1) is 11.0. The number of aromatic nitrogens is 1. The van der Waals surface area contributed by atoms with Gasteiger partial charge in [-0.05, 0) is 44.4 Å². The lowest BCUT2D eigenvalue weighted by Crippen LogP contribution is -2.32. The smallest absolute Gasteiger partial charge is 0.263 e. The van der Waals surface area contributed by atoms with Crippen molar-refractivity contribution in [2.75, 3.05) is 6.61 Å². The third-order valence-electron chi connectivity index (χ3n) is 3.49. The Morgan fingerprint density at radius 2 is 2.09 bits per heavy atom. The first kappa shape index (κ1) is 17.6. The molecule has 1 atom stereocenters. The summed E-state index contributed by atoms with van der Waals surface area (Å²) in [5, 5.41) is 12.6. The lowest BCUT2D eigenvalue weighted by Gasteiger charge is -2.12. The Balaban J connectivity index is 2.02. The molecule has 124 valence electrons. The number of aryl methyl sites for hydroxylation is 1. The summed E-state index contributed by atoms with van der Waals surface area (Å²) < 4.78 is 12.9. The minimum Gasteiger partial charge on any atom is -0.396 e. The number of amides is 1. The SMILES string of the molecule is Cc1nc(Cc2ccc(F)cc2)sc1C(=O)NC(C)CCCO. The van der Waals surface area contributed by atoms with E-state index in [0.29, 0.717) is 23.4 Å². The number of rotatable bonds is 7. The third kappa shape index (κ3) is 5.11. The van der Waals surface area contributed by atoms with Crippen LogP contribution in [-0.2, 0) is 6.42 Å². The molecule has 2 N–H and O–H groups in total. The van der Waals surface area contributed by atoms with Gasteiger partial charge < -0.3 is 10.4 Å². The van der Waals surface area contributed by atoms with E-state index in [-0.39, 0.29) is 24.4 Å². The first-order valence-electron chi connectivity index (χ1n) is 7.62. The van der Waals surface area contributed by atoms with Crippen molar-refractivity contribution in [1.29, 1.82) is 0 Å². The number of thiazole rings is 1. The zero-order valence-electron chi connectivity index (χ0n) is 13.3. The van der Waals surface area contributed by atoms with Gasteiger partial charge in [-0.2, -0.15) is 0 Å². The van der Waals surface area contributed by atoms with E-state index in [4.69, 9.17) is 5.11 Å². The average molecular weight is 336 g/mol. The molecule has 2 rings (SSSR count). The molecule has 0 spiro atoms. The summed E-state index contributed by atoms with van der Waals surface area (Å²) in [6, 6.07) is 6.31. The molecule has 23 heavy (non-hydrogen) atoms. The van der Waals surface area contributed by atoms with E-state index in [2.05, 4.69) is 10.3 Å². The highest BCUT2D eigenvalue weighted by Crippen LogP contribution is 2.21. The Labute approximate surface area is 139 Å². The normalized spacial score (nSPS) is 12.2. The van der Waals surface area contributed by atoms with Gasteiger partial charge in [0.25, 0.3) is 5.91 Å². The second-order valence-electron chi connectivity index (χ2n) is 5.57. The number of benzene rings is 1. The fourth-order valence-electron chi connectivity index (χ4n) is 2.27. The fourth-order valence-corrected chi connectivity index (χ4v) is 3.28. The van der Waals surface area contributed by atoms with Crippen molar-refractivity contribution in [3.63, 3.8) is 0 Å². The van der Waals surface area contributed by atoms with Crippen LogP contribution >= 0.6 is 11.3 Å². The summed E-state index contributed by atoms with van der Waals surface area (Å²) in [4.78, 5) is 17.3. The maximum atomic E-state index is 12.9. The summed E-state index contributed by atoms with van der Waals surface area (Å²) in [5.41, 5.74) is 1.67. The van der Waals surface area contributed by atoms with Gasteiger partial charge in [0.2, 0.25) is 0 Å². The second kappa shape index (κ2) is 8.17. The maximum Gasteiger partial charge on any atom is 0.263 e. The Morgan fingerprint density at radius 3 is 2.74 bits per heavy atom. The Hall–Kier alpha value is -1.79. The summed E-state index contributed by atoms with van der Waals surface area (Å²) in [6.07, 6.45) is 1.99. The predicted molar refractivity (Wildman–Crippen MR) is 89.3 cm³/mol. The topological polar surface area (TPSA) is 62.2 Å². The van der Waals surface area contributed by atoms with Gasteiger partial charge in [0, 0.05) is 19.1 Å². The molecule has 0 saturated heterocycles. The summed E-state index contributed by atoms with van der Waals surface area (Å²) in [5.74, 6) is -0.392. The van der Waals surface area contributed by atoms with Crippen LogP contribution in [0.5, 0.6) is 0 Å². The van der Waals surface area contributed by atoms with Crippen LogP contribution in [-0.4, -0.2) is 28.6 Å². The van der Waals surface area contributed by atoms with E-state index >= 15 is 0 Å². The molecule has 4 nitrogen and oxygen atoms in total. The van der Waals surface area contributed by atoms with E-state index in [1.165, 1.54) is 23.5 Å². The average Bonchev–Trinajstić information content (AvgIpc) is 2.88. The highest BCUT2D eigenvalue weighted by Gasteiger charge is 2.17. The standard InChI is InChI=1S/C17H21FN2O2S/c1-11(4-3-9-21)19-17(22)16-12(2)20-15(23-16)10-13-5-7-14(18)8-6-13/h5-8,11,21H,3-4,9-10H2,1-2H3,(H,19,22). The maximum absolute atomic E-state index is 12.9. The molecule has 0 aliphatic heterocycles. The Morgan fingerprint density at radius 1 is 1.39 bits per heavy atom. The molecular formula is C17H21FN2O2S. The zero-order valence-corrected chi connectivity index (χ0v) is 14.1. The van der Waals surface area contributed by atoms with Crippen molar-refractivity contribution in [2.24, 2.45) is 0 Å². The van der Waals surface area contributed by atoms with Gasteiger partial charge >= 0.3 is 0 Å². The summed E-state index contributed by atoms with van der Waals surface area (Å²) in [6.45, 7) is 3.86. The molecule has 1 unspecified atom stereocenters. The summed E-state index contributed by atoms with van der Waals surface area (Å²) in [7, 11) is 0. The molecule has 1 aromatic carbocycles. The van der Waals surface area contributed by atoms with Crippen LogP contribution in [0.1, 0.15) is 45.7 Å². The van der Waals surface area contributed by atoms with E-state index in [1.54, 1.807) is 12.1 Å². The van der Waals surface area contributed by atoms with Gasteiger partial charge in [0.1, 0.15) is 10.7 Å². The molecule has 0 saturated carbocycles. The zero-order chi connectivity index (χ0) is 16.8. The van der Waals surface area contributed by atoms with Crippen LogP contribution in [0.15, 0.2) is 24.3 Å². The Bertz CT molecular complexity index is 655. The molecule has 0 aliphatic carbocycles. The lowest BCUT2D eigenvalue weighted by molar-refractivity contribution is 0.0939. The van der Waals surface area contributed by atoms with E-state index < -0.39 is 0 Å². The number of aliphatic hydroxyl groups is 1. The van der Waals surface area contributed by atoms with Crippen molar-refractivity contribution >= 4 is 17.2 Å². The summed E-state index contributed by atoms with van der Waals surface area (Å²) >= 11 is 1.37. The largest absolute Gasteiger partial charge is 0.396 e. The number of carbonyl (C=O) groups excluding carboxylic acids is 1. The van der Waals surface area contributed by atoms with Crippen LogP contribution in [0.2, 0.25) is 0 Å². The van der Waals surface area contributed by atoms with E-state index in [1.807, 2.05) is 13.8 Å². The van der Waals surface area contributed by atoms with Gasteiger partial charge in [-0.15, -0.1) is 11.3 Å². The van der Waals surface area contributed by atoms with E-state index in [0.717, 1.165) is 17.0 Å². The highest BCUT2D eigenvalue weighted by atomic mass is 32.1. The molecule has 2 aromatic rings. The van der Waals surface area contributed by atoms with Crippen LogP contribution in [0.4, 0.5) is 4.39 Å². The second-order valence-corrected chi connectivity index (χ2v) is 6.65. The number of aliphatic hydroxyl groups excluding tert-OH is 1. The monoisotopic (exact) mass is 336 g/mol. The molecule has 0 fully saturated rings. The predicted octanol–water partition coefficient (Wildman–Crippen LogP) is 3.07. The lowest BCUT2D eigenvalue weighted by atomic mass is 10.1. The van der Waals surface area contributed by atoms with Crippen molar-refractivity contribution < 1.29 is 14.3 Å². The number of nitrogens with zero attached hydrogens (tertiary/aromatic N) is 1. The molecule has 0 aliphatic rings. The Kier molecular flexibility index (Phi) is 6.24. The third-order valence-corrected chi connectivity index (χ3v) is 4.64. The number of nitrogens with one attached hydrogen (secondary N) is 1. The van der Waals surface area contributed by atoms with Crippen molar-refractivity contribution in [1.82, 2.24) is 10.3 Å². The van der Waals surface area contributed by atoms with Crippen LogP contribution < -0.4 is 5.32 Å². The molecular weight excluding hydrogens is 315 g/mol. The van der Waals surface area contributed by atoms with Crippen molar-refractivity contribution in [2.45, 2.75) is 39.2 Å². The van der Waals surface area contributed by atoms with Gasteiger partial charge in [0.05, 0.1) is 10.7 Å². The minimum absolute atomic E-state index is 0.0108.